The number of rotatable bonds is 0. The van der Waals surface area contributed by atoms with Gasteiger partial charge in [-0.3, -0.25) is 4.57 Å². The van der Waals surface area contributed by atoms with Crippen LogP contribution in [0, 0.1) is 0 Å². The Labute approximate surface area is 80.3 Å². The topological polar surface area (TPSA) is 35.5 Å². The fourth-order valence-electron chi connectivity index (χ4n) is 1.17. The molecule has 0 aromatic rings. The Morgan fingerprint density at radius 2 is 1.46 bits per heavy atom. The zero-order valence-corrected chi connectivity index (χ0v) is 9.60. The highest BCUT2D eigenvalue weighted by Crippen LogP contribution is 2.60. The van der Waals surface area contributed by atoms with Gasteiger partial charge in [-0.25, -0.2) is 0 Å². The molecule has 4 heteroatoms. The first-order valence-electron chi connectivity index (χ1n) is 4.85. The van der Waals surface area contributed by atoms with Gasteiger partial charge in [-0.1, -0.05) is 0 Å². The molecule has 0 aromatic heterocycles. The fourth-order valence-corrected chi connectivity index (χ4v) is 2.76. The van der Waals surface area contributed by atoms with Crippen LogP contribution in [0.3, 0.4) is 0 Å². The molecule has 78 valence electrons. The minimum Gasteiger partial charge on any atom is -0.308 e. The van der Waals surface area contributed by atoms with Gasteiger partial charge in [0.2, 0.25) is 0 Å². The summed E-state index contributed by atoms with van der Waals surface area (Å²) in [5, 5.41) is -0.398. The predicted octanol–water partition coefficient (Wildman–Crippen LogP) is 3.20. The molecule has 1 rings (SSSR count). The van der Waals surface area contributed by atoms with E-state index < -0.39 is 12.8 Å². The lowest BCUT2D eigenvalue weighted by Crippen LogP contribution is -2.20. The highest BCUT2D eigenvalue weighted by molar-refractivity contribution is 7.55. The van der Waals surface area contributed by atoms with Gasteiger partial charge >= 0.3 is 7.60 Å². The third kappa shape index (κ3) is 2.80. The molecule has 0 aliphatic carbocycles. The molecule has 0 spiro atoms. The third-order valence-electron chi connectivity index (χ3n) is 2.13. The summed E-state index contributed by atoms with van der Waals surface area (Å²) in [7, 11) is -2.87. The van der Waals surface area contributed by atoms with E-state index in [0.29, 0.717) is 13.2 Å². The minimum absolute atomic E-state index is 0.398. The lowest BCUT2D eigenvalue weighted by molar-refractivity contribution is 0.165. The average molecular weight is 206 g/mol. The minimum atomic E-state index is -2.87. The number of hydrogen-bond acceptors (Lipinski definition) is 3. The Kier molecular flexibility index (Phi) is 3.56. The van der Waals surface area contributed by atoms with Gasteiger partial charge in [-0.2, -0.15) is 0 Å². The molecule has 0 amide bonds. The molecule has 0 aromatic carbocycles. The summed E-state index contributed by atoms with van der Waals surface area (Å²) in [6, 6.07) is 0. The molecule has 3 nitrogen and oxygen atoms in total. The van der Waals surface area contributed by atoms with Crippen molar-refractivity contribution in [1.29, 1.82) is 0 Å². The van der Waals surface area contributed by atoms with Crippen molar-refractivity contribution in [2.45, 2.75) is 45.2 Å². The quantitative estimate of drug-likeness (QED) is 0.571. The van der Waals surface area contributed by atoms with Gasteiger partial charge in [0.15, 0.2) is 0 Å². The van der Waals surface area contributed by atoms with Crippen molar-refractivity contribution in [3.63, 3.8) is 0 Å². The second kappa shape index (κ2) is 4.12. The molecule has 0 radical (unpaired) electrons. The van der Waals surface area contributed by atoms with E-state index in [9.17, 15) is 4.57 Å². The molecule has 1 aliphatic heterocycles. The van der Waals surface area contributed by atoms with Crippen LogP contribution >= 0.6 is 7.60 Å². The Morgan fingerprint density at radius 1 is 1.00 bits per heavy atom. The summed E-state index contributed by atoms with van der Waals surface area (Å²) in [5.41, 5.74) is 0. The number of hydrogen-bond donors (Lipinski definition) is 0. The average Bonchev–Trinajstić information content (AvgIpc) is 1.94. The molecule has 0 saturated carbocycles. The van der Waals surface area contributed by atoms with Crippen molar-refractivity contribution in [2.75, 3.05) is 13.2 Å². The van der Waals surface area contributed by atoms with E-state index in [1.807, 2.05) is 20.8 Å². The van der Waals surface area contributed by atoms with Crippen molar-refractivity contribution < 1.29 is 13.6 Å². The van der Waals surface area contributed by atoms with E-state index in [4.69, 9.17) is 9.05 Å². The lowest BCUT2D eigenvalue weighted by Gasteiger charge is -2.31. The molecule has 1 saturated heterocycles. The van der Waals surface area contributed by atoms with Crippen molar-refractivity contribution in [1.82, 2.24) is 0 Å². The van der Waals surface area contributed by atoms with Crippen LogP contribution < -0.4 is 0 Å². The molecule has 1 aliphatic rings. The monoisotopic (exact) mass is 206 g/mol. The van der Waals surface area contributed by atoms with Crippen LogP contribution in [0.1, 0.15) is 40.0 Å². The second-order valence-corrected chi connectivity index (χ2v) is 7.25. The van der Waals surface area contributed by atoms with Crippen molar-refractivity contribution >= 4 is 7.60 Å². The largest absolute Gasteiger partial charge is 0.335 e. The molecule has 0 unspecified atom stereocenters. The highest BCUT2D eigenvalue weighted by Gasteiger charge is 2.39. The first-order chi connectivity index (χ1) is 5.96. The van der Waals surface area contributed by atoms with E-state index >= 15 is 0 Å². The summed E-state index contributed by atoms with van der Waals surface area (Å²) in [6.45, 7) is 6.82. The van der Waals surface area contributed by atoms with E-state index in [1.54, 1.807) is 0 Å². The lowest BCUT2D eigenvalue weighted by atomic mass is 10.2. The van der Waals surface area contributed by atoms with Crippen LogP contribution in [0.25, 0.3) is 0 Å². The van der Waals surface area contributed by atoms with E-state index in [-0.39, 0.29) is 0 Å². The summed E-state index contributed by atoms with van der Waals surface area (Å²) in [6.07, 6.45) is 3.08. The molecule has 1 fully saturated rings. The first-order valence-corrected chi connectivity index (χ1v) is 6.39. The maximum absolute atomic E-state index is 12.2. The predicted molar refractivity (Wildman–Crippen MR) is 53.1 cm³/mol. The van der Waals surface area contributed by atoms with Gasteiger partial charge in [0.25, 0.3) is 0 Å². The Bertz CT molecular complexity index is 195. The van der Waals surface area contributed by atoms with Crippen LogP contribution in [0.2, 0.25) is 0 Å². The Balaban J connectivity index is 2.68. The molecular weight excluding hydrogens is 187 g/mol. The van der Waals surface area contributed by atoms with Gasteiger partial charge < -0.3 is 9.05 Å². The van der Waals surface area contributed by atoms with E-state index in [2.05, 4.69) is 0 Å². The molecule has 0 atom stereocenters. The molecule has 0 bridgehead atoms. The maximum Gasteiger partial charge on any atom is 0.335 e. The second-order valence-electron chi connectivity index (χ2n) is 4.40. The zero-order chi connectivity index (χ0) is 9.95. The van der Waals surface area contributed by atoms with Crippen LogP contribution in [0.5, 0.6) is 0 Å². The van der Waals surface area contributed by atoms with Crippen molar-refractivity contribution in [3.8, 4) is 0 Å². The Hall–Kier alpha value is 0.150. The normalized spacial score (nSPS) is 24.8. The standard InChI is InChI=1S/C9H19O3P/c1-9(2,3)13(10)11-7-5-4-6-8-12-13/h4-8H2,1-3H3. The van der Waals surface area contributed by atoms with Crippen molar-refractivity contribution in [3.05, 3.63) is 0 Å². The molecular formula is C9H19O3P. The van der Waals surface area contributed by atoms with E-state index in [1.165, 1.54) is 0 Å². The Morgan fingerprint density at radius 3 is 1.85 bits per heavy atom. The summed E-state index contributed by atoms with van der Waals surface area (Å²) in [4.78, 5) is 0. The van der Waals surface area contributed by atoms with Crippen LogP contribution in [0.15, 0.2) is 0 Å². The highest BCUT2D eigenvalue weighted by atomic mass is 31.2. The smallest absolute Gasteiger partial charge is 0.308 e. The maximum atomic E-state index is 12.2. The SMILES string of the molecule is CC(C)(C)P1(=O)OCCCCCO1. The van der Waals surface area contributed by atoms with Crippen LogP contribution in [-0.2, 0) is 13.6 Å². The molecule has 13 heavy (non-hydrogen) atoms. The summed E-state index contributed by atoms with van der Waals surface area (Å²) < 4.78 is 22.9. The fraction of sp³-hybridized carbons (Fsp3) is 1.00. The van der Waals surface area contributed by atoms with Gasteiger partial charge in [0.1, 0.15) is 0 Å². The summed E-state index contributed by atoms with van der Waals surface area (Å²) in [5.74, 6) is 0. The van der Waals surface area contributed by atoms with Gasteiger partial charge in [0, 0.05) is 0 Å². The van der Waals surface area contributed by atoms with Crippen molar-refractivity contribution in [2.24, 2.45) is 0 Å². The van der Waals surface area contributed by atoms with Gasteiger partial charge in [-0.05, 0) is 40.0 Å². The van der Waals surface area contributed by atoms with Crippen LogP contribution in [-0.4, -0.2) is 18.4 Å². The molecule has 0 N–H and O–H groups in total. The van der Waals surface area contributed by atoms with Gasteiger partial charge in [-0.15, -0.1) is 0 Å². The molecule has 1 heterocycles. The third-order valence-corrected chi connectivity index (χ3v) is 4.82. The summed E-state index contributed by atoms with van der Waals surface area (Å²) >= 11 is 0. The zero-order valence-electron chi connectivity index (χ0n) is 8.71. The van der Waals surface area contributed by atoms with Crippen LogP contribution in [0.4, 0.5) is 0 Å². The van der Waals surface area contributed by atoms with Gasteiger partial charge in [0.05, 0.1) is 18.4 Å². The first kappa shape index (κ1) is 11.2. The van der Waals surface area contributed by atoms with E-state index in [0.717, 1.165) is 19.3 Å².